The SMILES string of the molecule is COc1ccc2[nH]c([C@H]3C[C@@H]3C(=O)NC(C)c3ccc(OCC(F)(F)F)s3)nc2c1. The molecule has 6 nitrogen and oxygen atoms in total. The third-order valence-corrected chi connectivity index (χ3v) is 6.13. The van der Waals surface area contributed by atoms with Crippen molar-refractivity contribution in [2.75, 3.05) is 13.7 Å². The van der Waals surface area contributed by atoms with E-state index in [1.807, 2.05) is 18.2 Å². The number of amides is 1. The highest BCUT2D eigenvalue weighted by molar-refractivity contribution is 7.13. The van der Waals surface area contributed by atoms with Crippen molar-refractivity contribution in [2.45, 2.75) is 31.5 Å². The molecule has 4 rings (SSSR count). The molecule has 1 amide bonds. The lowest BCUT2D eigenvalue weighted by molar-refractivity contribution is -0.152. The molecule has 160 valence electrons. The van der Waals surface area contributed by atoms with Gasteiger partial charge in [-0.3, -0.25) is 4.79 Å². The number of rotatable bonds is 7. The number of fused-ring (bicyclic) bond motifs is 1. The maximum atomic E-state index is 12.6. The van der Waals surface area contributed by atoms with Crippen molar-refractivity contribution in [2.24, 2.45) is 5.92 Å². The van der Waals surface area contributed by atoms with E-state index in [9.17, 15) is 18.0 Å². The maximum Gasteiger partial charge on any atom is 0.422 e. The van der Waals surface area contributed by atoms with Crippen molar-refractivity contribution in [1.82, 2.24) is 15.3 Å². The molecule has 30 heavy (non-hydrogen) atoms. The summed E-state index contributed by atoms with van der Waals surface area (Å²) >= 11 is 1.09. The van der Waals surface area contributed by atoms with Gasteiger partial charge in [-0.05, 0) is 37.6 Å². The van der Waals surface area contributed by atoms with E-state index >= 15 is 0 Å². The van der Waals surface area contributed by atoms with E-state index in [-0.39, 0.29) is 28.8 Å². The zero-order valence-electron chi connectivity index (χ0n) is 16.2. The van der Waals surface area contributed by atoms with Crippen molar-refractivity contribution >= 4 is 28.3 Å². The summed E-state index contributed by atoms with van der Waals surface area (Å²) in [4.78, 5) is 21.2. The summed E-state index contributed by atoms with van der Waals surface area (Å²) < 4.78 is 46.7. The molecule has 0 bridgehead atoms. The molecule has 1 saturated carbocycles. The summed E-state index contributed by atoms with van der Waals surface area (Å²) in [6, 6.07) is 8.39. The molecule has 3 aromatic rings. The lowest BCUT2D eigenvalue weighted by Gasteiger charge is -2.12. The topological polar surface area (TPSA) is 76.2 Å². The van der Waals surface area contributed by atoms with Crippen LogP contribution in [0.4, 0.5) is 13.2 Å². The summed E-state index contributed by atoms with van der Waals surface area (Å²) in [5.41, 5.74) is 1.67. The molecule has 0 radical (unpaired) electrons. The highest BCUT2D eigenvalue weighted by atomic mass is 32.1. The van der Waals surface area contributed by atoms with Gasteiger partial charge in [-0.25, -0.2) is 4.98 Å². The Balaban J connectivity index is 1.34. The van der Waals surface area contributed by atoms with Crippen LogP contribution in [0.1, 0.15) is 36.0 Å². The average molecular weight is 439 g/mol. The van der Waals surface area contributed by atoms with Crippen LogP contribution in [0.25, 0.3) is 11.0 Å². The smallest absolute Gasteiger partial charge is 0.422 e. The van der Waals surface area contributed by atoms with Crippen LogP contribution in [0.5, 0.6) is 10.8 Å². The van der Waals surface area contributed by atoms with E-state index in [4.69, 9.17) is 9.47 Å². The molecule has 1 aromatic carbocycles. The van der Waals surface area contributed by atoms with E-state index in [1.54, 1.807) is 20.1 Å². The molecule has 2 N–H and O–H groups in total. The Labute approximate surface area is 174 Å². The van der Waals surface area contributed by atoms with Gasteiger partial charge in [0.1, 0.15) is 11.6 Å². The van der Waals surface area contributed by atoms with E-state index in [0.717, 1.165) is 33.1 Å². The van der Waals surface area contributed by atoms with Gasteiger partial charge in [0.15, 0.2) is 11.7 Å². The van der Waals surface area contributed by atoms with Crippen LogP contribution in [-0.4, -0.2) is 35.8 Å². The fourth-order valence-corrected chi connectivity index (χ4v) is 4.14. The number of aromatic nitrogens is 2. The Kier molecular flexibility index (Phi) is 5.35. The Bertz CT molecular complexity index is 1060. The molecule has 1 aliphatic carbocycles. The Morgan fingerprint density at radius 2 is 2.17 bits per heavy atom. The number of benzene rings is 1. The number of ether oxygens (including phenoxy) is 2. The standard InChI is InChI=1S/C20H20F3N3O3S/c1-10(16-5-6-17(30-16)29-9-20(21,22)23)24-19(27)13-8-12(13)18-25-14-4-3-11(28-2)7-15(14)26-18/h3-7,10,12-13H,8-9H2,1-2H3,(H,24,27)(H,25,26)/t10?,12-,13-/m0/s1. The molecule has 0 spiro atoms. The number of carbonyl (C=O) groups is 1. The van der Waals surface area contributed by atoms with E-state index < -0.39 is 12.8 Å². The first-order chi connectivity index (χ1) is 14.2. The van der Waals surface area contributed by atoms with Crippen LogP contribution in [0, 0.1) is 5.92 Å². The first kappa shape index (κ1) is 20.5. The normalized spacial score (nSPS) is 19.5. The van der Waals surface area contributed by atoms with E-state index in [0.29, 0.717) is 12.2 Å². The van der Waals surface area contributed by atoms with Gasteiger partial charge in [0.05, 0.1) is 24.2 Å². The Hall–Kier alpha value is -2.75. The van der Waals surface area contributed by atoms with Crippen LogP contribution in [0.2, 0.25) is 0 Å². The van der Waals surface area contributed by atoms with Crippen LogP contribution in [0.15, 0.2) is 30.3 Å². The van der Waals surface area contributed by atoms with Crippen molar-refractivity contribution in [3.63, 3.8) is 0 Å². The van der Waals surface area contributed by atoms with Crippen LogP contribution in [0.3, 0.4) is 0 Å². The number of nitrogens with one attached hydrogen (secondary N) is 2. The molecule has 1 unspecified atom stereocenters. The minimum Gasteiger partial charge on any atom is -0.497 e. The zero-order chi connectivity index (χ0) is 21.5. The number of hydrogen-bond donors (Lipinski definition) is 2. The molecule has 10 heteroatoms. The van der Waals surface area contributed by atoms with Crippen molar-refractivity contribution in [3.05, 3.63) is 41.0 Å². The highest BCUT2D eigenvalue weighted by Gasteiger charge is 2.46. The lowest BCUT2D eigenvalue weighted by Crippen LogP contribution is -2.28. The van der Waals surface area contributed by atoms with E-state index in [2.05, 4.69) is 15.3 Å². The average Bonchev–Trinajstić information content (AvgIpc) is 3.16. The number of aromatic amines is 1. The second kappa shape index (κ2) is 7.82. The molecular weight excluding hydrogens is 419 g/mol. The van der Waals surface area contributed by atoms with Gasteiger partial charge in [-0.1, -0.05) is 0 Å². The monoisotopic (exact) mass is 439 g/mol. The number of alkyl halides is 3. The van der Waals surface area contributed by atoms with Crippen LogP contribution in [-0.2, 0) is 4.79 Å². The molecule has 3 atom stereocenters. The summed E-state index contributed by atoms with van der Waals surface area (Å²) in [6.45, 7) is 0.461. The van der Waals surface area contributed by atoms with Gasteiger partial charge in [0, 0.05) is 22.8 Å². The summed E-state index contributed by atoms with van der Waals surface area (Å²) in [7, 11) is 1.59. The third kappa shape index (κ3) is 4.53. The van der Waals surface area contributed by atoms with Gasteiger partial charge in [-0.15, -0.1) is 11.3 Å². The number of H-pyrrole nitrogens is 1. The van der Waals surface area contributed by atoms with Gasteiger partial charge >= 0.3 is 6.18 Å². The zero-order valence-corrected chi connectivity index (χ0v) is 17.1. The van der Waals surface area contributed by atoms with Crippen molar-refractivity contribution in [1.29, 1.82) is 0 Å². The second-order valence-electron chi connectivity index (χ2n) is 7.24. The van der Waals surface area contributed by atoms with E-state index in [1.165, 1.54) is 6.07 Å². The predicted octanol–water partition coefficient (Wildman–Crippen LogP) is 4.56. The summed E-state index contributed by atoms with van der Waals surface area (Å²) in [6.07, 6.45) is -3.69. The molecule has 2 aromatic heterocycles. The molecule has 0 aliphatic heterocycles. The first-order valence-electron chi connectivity index (χ1n) is 9.37. The number of carbonyl (C=O) groups excluding carboxylic acids is 1. The highest BCUT2D eigenvalue weighted by Crippen LogP contribution is 2.47. The van der Waals surface area contributed by atoms with Crippen molar-refractivity contribution in [3.8, 4) is 10.8 Å². The molecular formula is C20H20F3N3O3S. The molecule has 1 fully saturated rings. The fraction of sp³-hybridized carbons (Fsp3) is 0.400. The van der Waals surface area contributed by atoms with Gasteiger partial charge in [0.25, 0.3) is 0 Å². The van der Waals surface area contributed by atoms with Gasteiger partial charge in [-0.2, -0.15) is 13.2 Å². The third-order valence-electron chi connectivity index (χ3n) is 4.95. The number of imidazole rings is 1. The first-order valence-corrected chi connectivity index (χ1v) is 10.2. The number of hydrogen-bond acceptors (Lipinski definition) is 5. The molecule has 2 heterocycles. The number of methoxy groups -OCH3 is 1. The Morgan fingerprint density at radius 1 is 1.37 bits per heavy atom. The Morgan fingerprint density at radius 3 is 2.90 bits per heavy atom. The largest absolute Gasteiger partial charge is 0.497 e. The predicted molar refractivity (Wildman–Crippen MR) is 106 cm³/mol. The van der Waals surface area contributed by atoms with Gasteiger partial charge in [0.2, 0.25) is 5.91 Å². The molecule has 0 saturated heterocycles. The van der Waals surface area contributed by atoms with Crippen molar-refractivity contribution < 1.29 is 27.4 Å². The van der Waals surface area contributed by atoms with Crippen LogP contribution >= 0.6 is 11.3 Å². The number of thiophene rings is 1. The quantitative estimate of drug-likeness (QED) is 0.566. The van der Waals surface area contributed by atoms with Gasteiger partial charge < -0.3 is 19.8 Å². The summed E-state index contributed by atoms with van der Waals surface area (Å²) in [5.74, 6) is 1.22. The maximum absolute atomic E-state index is 12.6. The second-order valence-corrected chi connectivity index (χ2v) is 8.32. The summed E-state index contributed by atoms with van der Waals surface area (Å²) in [5, 5.41) is 3.10. The van der Waals surface area contributed by atoms with Crippen LogP contribution < -0.4 is 14.8 Å². The fourth-order valence-electron chi connectivity index (χ4n) is 3.28. The lowest BCUT2D eigenvalue weighted by atomic mass is 10.2. The minimum atomic E-state index is -4.38. The number of halogens is 3. The molecule has 1 aliphatic rings. The minimum absolute atomic E-state index is 0.0182. The number of nitrogens with zero attached hydrogens (tertiary/aromatic N) is 1.